The van der Waals surface area contributed by atoms with E-state index in [0.29, 0.717) is 12.0 Å². The van der Waals surface area contributed by atoms with Crippen molar-refractivity contribution < 1.29 is 19.7 Å². The molecular weight excluding hydrogens is 172 g/mol. The number of aromatic hydroxyl groups is 2. The largest absolute Gasteiger partial charge is 0.508 e. The lowest BCUT2D eigenvalue weighted by molar-refractivity contribution is -0.0494. The minimum absolute atomic E-state index is 0.0748. The van der Waals surface area contributed by atoms with Crippen LogP contribution in [0.1, 0.15) is 5.56 Å². The van der Waals surface area contributed by atoms with E-state index in [-0.39, 0.29) is 17.8 Å². The normalized spacial score (nSPS) is 34.0. The number of hydrogen-bond acceptors (Lipinski definition) is 4. The van der Waals surface area contributed by atoms with Crippen LogP contribution in [0, 0.1) is 0 Å². The zero-order chi connectivity index (χ0) is 9.05. The Balaban J connectivity index is 1.89. The molecule has 2 fully saturated rings. The van der Waals surface area contributed by atoms with Gasteiger partial charge < -0.3 is 19.7 Å². The minimum Gasteiger partial charge on any atom is -0.508 e. The molecule has 0 atom stereocenters. The maximum absolute atomic E-state index is 9.42. The van der Waals surface area contributed by atoms with Crippen LogP contribution in [0.3, 0.4) is 0 Å². The van der Waals surface area contributed by atoms with Gasteiger partial charge in [-0.15, -0.1) is 0 Å². The highest BCUT2D eigenvalue weighted by Gasteiger charge is 2.76. The molecule has 2 saturated heterocycles. The van der Waals surface area contributed by atoms with E-state index in [1.807, 2.05) is 0 Å². The van der Waals surface area contributed by atoms with Gasteiger partial charge >= 0.3 is 0 Å². The van der Waals surface area contributed by atoms with Gasteiger partial charge in [0.05, 0.1) is 0 Å². The first kappa shape index (κ1) is 7.17. The van der Waals surface area contributed by atoms with E-state index in [9.17, 15) is 10.2 Å². The zero-order valence-electron chi connectivity index (χ0n) is 6.73. The lowest BCUT2D eigenvalue weighted by atomic mass is 10.1. The van der Waals surface area contributed by atoms with Crippen molar-refractivity contribution in [2.45, 2.75) is 18.5 Å². The highest BCUT2D eigenvalue weighted by molar-refractivity contribution is 5.40. The van der Waals surface area contributed by atoms with Gasteiger partial charge in [0.1, 0.15) is 11.5 Å². The van der Waals surface area contributed by atoms with Crippen LogP contribution >= 0.6 is 0 Å². The Hall–Kier alpha value is -1.26. The molecule has 1 aromatic rings. The molecule has 2 heterocycles. The van der Waals surface area contributed by atoms with Crippen LogP contribution in [0.4, 0.5) is 0 Å². The number of benzene rings is 1. The Morgan fingerprint density at radius 3 is 2.62 bits per heavy atom. The summed E-state index contributed by atoms with van der Waals surface area (Å²) in [7, 11) is 0. The number of phenolic OH excluding ortho intramolecular Hbond substituents is 2. The third-order valence-corrected chi connectivity index (χ3v) is 2.36. The molecule has 2 aliphatic rings. The van der Waals surface area contributed by atoms with Gasteiger partial charge in [-0.3, -0.25) is 0 Å². The van der Waals surface area contributed by atoms with Gasteiger partial charge in [0, 0.05) is 12.0 Å². The second kappa shape index (κ2) is 1.97. The fourth-order valence-electron chi connectivity index (χ4n) is 1.45. The van der Waals surface area contributed by atoms with Crippen LogP contribution in [-0.4, -0.2) is 22.3 Å². The zero-order valence-corrected chi connectivity index (χ0v) is 6.73. The lowest BCUT2D eigenvalue weighted by Crippen LogP contribution is -2.03. The maximum Gasteiger partial charge on any atom is 0.230 e. The quantitative estimate of drug-likeness (QED) is 0.520. The first-order valence-corrected chi connectivity index (χ1v) is 4.06. The number of hydrogen-bond donors (Lipinski definition) is 2. The molecule has 0 aromatic heterocycles. The molecule has 4 nitrogen and oxygen atoms in total. The van der Waals surface area contributed by atoms with E-state index in [1.165, 1.54) is 18.2 Å². The van der Waals surface area contributed by atoms with Crippen molar-refractivity contribution in [2.24, 2.45) is 0 Å². The van der Waals surface area contributed by atoms with Crippen LogP contribution in [0.5, 0.6) is 11.5 Å². The summed E-state index contributed by atoms with van der Waals surface area (Å²) in [6.45, 7) is 0. The summed E-state index contributed by atoms with van der Waals surface area (Å²) in [6, 6.07) is 4.42. The number of phenols is 2. The molecule has 0 saturated carbocycles. The first-order chi connectivity index (χ1) is 6.20. The molecule has 2 aliphatic heterocycles. The molecule has 0 radical (unpaired) electrons. The molecule has 2 N–H and O–H groups in total. The fourth-order valence-corrected chi connectivity index (χ4v) is 1.45. The van der Waals surface area contributed by atoms with Gasteiger partial charge in [0.15, 0.2) is 0 Å². The molecule has 3 rings (SSSR count). The molecule has 0 bridgehead atoms. The summed E-state index contributed by atoms with van der Waals surface area (Å²) in [4.78, 5) is 0. The van der Waals surface area contributed by atoms with Gasteiger partial charge in [-0.1, -0.05) is 0 Å². The predicted molar refractivity (Wildman–Crippen MR) is 42.2 cm³/mol. The number of ether oxygens (including phenoxy) is 2. The highest BCUT2D eigenvalue weighted by Crippen LogP contribution is 2.58. The summed E-state index contributed by atoms with van der Waals surface area (Å²) in [5.74, 6) is -0.162. The molecule has 1 aromatic carbocycles. The number of fused-ring (bicyclic) bond motifs is 1. The molecule has 0 aliphatic carbocycles. The van der Waals surface area contributed by atoms with Crippen LogP contribution in [0.25, 0.3) is 0 Å². The van der Waals surface area contributed by atoms with Gasteiger partial charge in [0.2, 0.25) is 12.1 Å². The molecule has 4 heteroatoms. The Morgan fingerprint density at radius 1 is 1.31 bits per heavy atom. The lowest BCUT2D eigenvalue weighted by Gasteiger charge is -2.04. The van der Waals surface area contributed by atoms with Gasteiger partial charge in [0.25, 0.3) is 0 Å². The van der Waals surface area contributed by atoms with Crippen molar-refractivity contribution in [3.05, 3.63) is 23.8 Å². The summed E-state index contributed by atoms with van der Waals surface area (Å²) in [6.07, 6.45) is 0.423. The van der Waals surface area contributed by atoms with E-state index in [2.05, 4.69) is 0 Å². The first-order valence-electron chi connectivity index (χ1n) is 4.06. The standard InChI is InChI=1S/C9H8O4/c10-6-1-2-7(11)5(3-6)4-9-8(12-9)13-9/h1-3,8,10-11H,4H2. The van der Waals surface area contributed by atoms with E-state index in [0.717, 1.165) is 0 Å². The van der Waals surface area contributed by atoms with Crippen LogP contribution in [0.15, 0.2) is 18.2 Å². The molecule has 0 spiro atoms. The average molecular weight is 180 g/mol. The van der Waals surface area contributed by atoms with Gasteiger partial charge in [-0.25, -0.2) is 0 Å². The van der Waals surface area contributed by atoms with Crippen LogP contribution < -0.4 is 0 Å². The van der Waals surface area contributed by atoms with Crippen LogP contribution in [0.2, 0.25) is 0 Å². The highest BCUT2D eigenvalue weighted by atomic mass is 17.0. The summed E-state index contributed by atoms with van der Waals surface area (Å²) < 4.78 is 10.2. The van der Waals surface area contributed by atoms with E-state index >= 15 is 0 Å². The third kappa shape index (κ3) is 0.993. The number of epoxide rings is 2. The average Bonchev–Trinajstić information content (AvgIpc) is 2.85. The van der Waals surface area contributed by atoms with Crippen molar-refractivity contribution in [1.82, 2.24) is 0 Å². The molecular formula is C9H8O4. The Kier molecular flexibility index (Phi) is 1.09. The minimum atomic E-state index is -0.467. The van der Waals surface area contributed by atoms with Crippen molar-refractivity contribution in [3.63, 3.8) is 0 Å². The van der Waals surface area contributed by atoms with Gasteiger partial charge in [-0.05, 0) is 18.2 Å². The Bertz CT molecular complexity index is 368. The van der Waals surface area contributed by atoms with Crippen LogP contribution in [-0.2, 0) is 15.9 Å². The second-order valence-electron chi connectivity index (χ2n) is 3.37. The van der Waals surface area contributed by atoms with Crippen molar-refractivity contribution >= 4 is 0 Å². The SMILES string of the molecule is Oc1ccc(O)c(CC23OC2O3)c1. The summed E-state index contributed by atoms with van der Waals surface area (Å²) in [5.41, 5.74) is 0.653. The van der Waals surface area contributed by atoms with E-state index in [1.54, 1.807) is 0 Å². The monoisotopic (exact) mass is 180 g/mol. The predicted octanol–water partition coefficient (Wildman–Crippen LogP) is 0.723. The number of rotatable bonds is 2. The molecule has 68 valence electrons. The summed E-state index contributed by atoms with van der Waals surface area (Å²) in [5, 5.41) is 18.6. The third-order valence-electron chi connectivity index (χ3n) is 2.36. The molecule has 0 amide bonds. The smallest absolute Gasteiger partial charge is 0.230 e. The fraction of sp³-hybridized carbons (Fsp3) is 0.333. The van der Waals surface area contributed by atoms with E-state index in [4.69, 9.17) is 9.47 Å². The second-order valence-corrected chi connectivity index (χ2v) is 3.37. The van der Waals surface area contributed by atoms with Crippen molar-refractivity contribution in [1.29, 1.82) is 0 Å². The molecule has 13 heavy (non-hydrogen) atoms. The van der Waals surface area contributed by atoms with Crippen molar-refractivity contribution in [3.8, 4) is 11.5 Å². The molecule has 0 unspecified atom stereocenters. The maximum atomic E-state index is 9.42. The summed E-state index contributed by atoms with van der Waals surface area (Å²) >= 11 is 0. The Morgan fingerprint density at radius 2 is 2.00 bits per heavy atom. The van der Waals surface area contributed by atoms with Crippen molar-refractivity contribution in [2.75, 3.05) is 0 Å². The topological polar surface area (TPSA) is 65.5 Å². The van der Waals surface area contributed by atoms with Gasteiger partial charge in [-0.2, -0.15) is 0 Å². The Labute approximate surface area is 74.3 Å². The van der Waals surface area contributed by atoms with E-state index < -0.39 is 5.79 Å².